The first-order chi connectivity index (χ1) is 5.73. The molecule has 0 aromatic carbocycles. The van der Waals surface area contributed by atoms with Crippen molar-refractivity contribution in [2.75, 3.05) is 7.11 Å². The summed E-state index contributed by atoms with van der Waals surface area (Å²) in [5, 5.41) is 7.00. The molecule has 0 saturated heterocycles. The normalized spacial score (nSPS) is 14.3. The third-order valence-corrected chi connectivity index (χ3v) is 1.50. The van der Waals surface area contributed by atoms with Crippen molar-refractivity contribution in [2.45, 2.75) is 42.8 Å². The largest absolute Gasteiger partial charge is 0.400 e. The third kappa shape index (κ3) is 32.3. The van der Waals surface area contributed by atoms with Crippen LogP contribution in [0.2, 0.25) is 0 Å². The summed E-state index contributed by atoms with van der Waals surface area (Å²) in [5.74, 6) is 0. The van der Waals surface area contributed by atoms with E-state index in [1.807, 2.05) is 0 Å². The van der Waals surface area contributed by atoms with Gasteiger partial charge in [0.1, 0.15) is 0 Å². The molecule has 1 fully saturated rings. The number of aliphatic hydroxyl groups is 1. The van der Waals surface area contributed by atoms with E-state index in [2.05, 4.69) is 0 Å². The van der Waals surface area contributed by atoms with Gasteiger partial charge in [0, 0.05) is 7.11 Å². The average Bonchev–Trinajstić information content (AvgIpc) is 2.10. The van der Waals surface area contributed by atoms with E-state index >= 15 is 0 Å². The van der Waals surface area contributed by atoms with Crippen LogP contribution in [-0.4, -0.2) is 16.5 Å². The Morgan fingerprint density at radius 3 is 0.923 bits per heavy atom. The fourth-order valence-corrected chi connectivity index (χ4v) is 1.06. The van der Waals surface area contributed by atoms with Gasteiger partial charge in [-0.05, 0) is 0 Å². The SMILES string of the molecule is C1CCCCC1.CO.ClC(Cl)Cl.N. The summed E-state index contributed by atoms with van der Waals surface area (Å²) in [6.45, 7) is 0. The molecule has 0 aliphatic heterocycles. The van der Waals surface area contributed by atoms with Crippen molar-refractivity contribution in [2.24, 2.45) is 0 Å². The lowest BCUT2D eigenvalue weighted by Gasteiger charge is -2.05. The van der Waals surface area contributed by atoms with Gasteiger partial charge in [-0.3, -0.25) is 0 Å². The molecule has 0 aromatic rings. The van der Waals surface area contributed by atoms with Crippen LogP contribution in [0.15, 0.2) is 0 Å². The van der Waals surface area contributed by atoms with Crippen molar-refractivity contribution >= 4 is 34.8 Å². The van der Waals surface area contributed by atoms with Crippen LogP contribution < -0.4 is 6.15 Å². The van der Waals surface area contributed by atoms with Gasteiger partial charge < -0.3 is 11.3 Å². The molecule has 0 amide bonds. The van der Waals surface area contributed by atoms with Crippen LogP contribution >= 0.6 is 34.8 Å². The Kier molecular flexibility index (Phi) is 27.6. The van der Waals surface area contributed by atoms with Crippen LogP contribution in [0.5, 0.6) is 0 Å². The van der Waals surface area contributed by atoms with Gasteiger partial charge in [0.05, 0.1) is 0 Å². The second kappa shape index (κ2) is 18.5. The number of hydrogen-bond acceptors (Lipinski definition) is 2. The molecular formula is C8H20Cl3NO. The van der Waals surface area contributed by atoms with Crippen LogP contribution in [0.1, 0.15) is 38.5 Å². The monoisotopic (exact) mass is 251 g/mol. The zero-order valence-electron chi connectivity index (χ0n) is 8.11. The van der Waals surface area contributed by atoms with Crippen LogP contribution in [0.4, 0.5) is 0 Å². The molecule has 0 heterocycles. The van der Waals surface area contributed by atoms with Gasteiger partial charge in [0.15, 0.2) is 4.30 Å². The predicted molar refractivity (Wildman–Crippen MR) is 62.2 cm³/mol. The first-order valence-corrected chi connectivity index (χ1v) is 5.41. The van der Waals surface area contributed by atoms with Crippen molar-refractivity contribution in [3.63, 3.8) is 0 Å². The number of hydrogen-bond donors (Lipinski definition) is 2. The van der Waals surface area contributed by atoms with E-state index in [1.54, 1.807) is 0 Å². The van der Waals surface area contributed by atoms with Gasteiger partial charge in [-0.1, -0.05) is 73.3 Å². The number of alkyl halides is 3. The topological polar surface area (TPSA) is 55.2 Å². The van der Waals surface area contributed by atoms with Crippen molar-refractivity contribution in [3.05, 3.63) is 0 Å². The molecule has 0 unspecified atom stereocenters. The van der Waals surface area contributed by atoms with E-state index in [0.29, 0.717) is 0 Å². The summed E-state index contributed by atoms with van der Waals surface area (Å²) < 4.78 is -0.750. The summed E-state index contributed by atoms with van der Waals surface area (Å²) >= 11 is 14.4. The molecule has 1 saturated carbocycles. The highest BCUT2D eigenvalue weighted by atomic mass is 35.6. The maximum absolute atomic E-state index is 7.00. The Balaban J connectivity index is -0.000000128. The molecule has 1 aliphatic carbocycles. The highest BCUT2D eigenvalue weighted by Crippen LogP contribution is 2.15. The number of halogens is 3. The van der Waals surface area contributed by atoms with Gasteiger partial charge in [0.25, 0.3) is 0 Å². The van der Waals surface area contributed by atoms with Crippen LogP contribution in [0.25, 0.3) is 0 Å². The molecule has 4 N–H and O–H groups in total. The van der Waals surface area contributed by atoms with Gasteiger partial charge in [-0.15, -0.1) is 0 Å². The molecule has 0 spiro atoms. The van der Waals surface area contributed by atoms with Gasteiger partial charge in [0.2, 0.25) is 0 Å². The highest BCUT2D eigenvalue weighted by molar-refractivity contribution is 6.63. The fourth-order valence-electron chi connectivity index (χ4n) is 1.06. The maximum Gasteiger partial charge on any atom is 0.180 e. The van der Waals surface area contributed by atoms with Crippen LogP contribution in [0.3, 0.4) is 0 Å². The minimum atomic E-state index is -0.750. The first kappa shape index (κ1) is 19.4. The minimum Gasteiger partial charge on any atom is -0.400 e. The van der Waals surface area contributed by atoms with E-state index < -0.39 is 4.30 Å². The van der Waals surface area contributed by atoms with Gasteiger partial charge in [-0.2, -0.15) is 0 Å². The molecule has 1 rings (SSSR count). The molecule has 84 valence electrons. The highest BCUT2D eigenvalue weighted by Gasteiger charge is 1.95. The van der Waals surface area contributed by atoms with E-state index in [-0.39, 0.29) is 6.15 Å². The van der Waals surface area contributed by atoms with E-state index in [1.165, 1.54) is 38.5 Å². The lowest BCUT2D eigenvalue weighted by atomic mass is 10.0. The quantitative estimate of drug-likeness (QED) is 0.638. The summed E-state index contributed by atoms with van der Waals surface area (Å²) in [5.41, 5.74) is 0. The smallest absolute Gasteiger partial charge is 0.180 e. The molecule has 0 aromatic heterocycles. The lowest BCUT2D eigenvalue weighted by molar-refractivity contribution is 0.399. The molecule has 0 radical (unpaired) electrons. The number of aliphatic hydroxyl groups excluding tert-OH is 1. The molecule has 2 nitrogen and oxygen atoms in total. The summed E-state index contributed by atoms with van der Waals surface area (Å²) in [6, 6.07) is 0. The molecule has 1 aliphatic rings. The Morgan fingerprint density at radius 2 is 0.846 bits per heavy atom. The number of rotatable bonds is 0. The second-order valence-corrected chi connectivity index (χ2v) is 4.35. The maximum atomic E-state index is 7.00. The van der Waals surface area contributed by atoms with E-state index in [9.17, 15) is 0 Å². The van der Waals surface area contributed by atoms with Crippen molar-refractivity contribution in [1.82, 2.24) is 6.15 Å². The van der Waals surface area contributed by atoms with Gasteiger partial charge >= 0.3 is 0 Å². The Labute approximate surface area is 96.1 Å². The molecule has 5 heteroatoms. The second-order valence-electron chi connectivity index (χ2n) is 2.37. The third-order valence-electron chi connectivity index (χ3n) is 1.50. The predicted octanol–water partition coefficient (Wildman–Crippen LogP) is 4.10. The Bertz CT molecular complexity index is 56.1. The van der Waals surface area contributed by atoms with Crippen molar-refractivity contribution in [1.29, 1.82) is 0 Å². The Morgan fingerprint density at radius 1 is 0.769 bits per heavy atom. The summed E-state index contributed by atoms with van der Waals surface area (Å²) in [6.07, 6.45) is 9.00. The minimum absolute atomic E-state index is 0. The van der Waals surface area contributed by atoms with Gasteiger partial charge in [-0.25, -0.2) is 0 Å². The summed E-state index contributed by atoms with van der Waals surface area (Å²) in [7, 11) is 1.00. The first-order valence-electron chi connectivity index (χ1n) is 4.10. The van der Waals surface area contributed by atoms with Crippen LogP contribution in [-0.2, 0) is 0 Å². The zero-order chi connectivity index (χ0) is 9.82. The lowest BCUT2D eigenvalue weighted by Crippen LogP contribution is -1.85. The fraction of sp³-hybridized carbons (Fsp3) is 1.00. The molecular weight excluding hydrogens is 232 g/mol. The summed E-state index contributed by atoms with van der Waals surface area (Å²) in [4.78, 5) is 0. The van der Waals surface area contributed by atoms with Crippen LogP contribution in [0, 0.1) is 0 Å². The Hall–Kier alpha value is 0.790. The molecule has 13 heavy (non-hydrogen) atoms. The zero-order valence-corrected chi connectivity index (χ0v) is 10.4. The molecule has 0 bridgehead atoms. The van der Waals surface area contributed by atoms with E-state index in [4.69, 9.17) is 39.9 Å². The van der Waals surface area contributed by atoms with Crippen molar-refractivity contribution < 1.29 is 5.11 Å². The standard InChI is InChI=1S/C6H12.CHCl3.CH4O.H3N/c1-2-4-6-5-3-1;2-1(3)4;1-2;/h1-6H2;1H;2H,1H3;1H3. The van der Waals surface area contributed by atoms with E-state index in [0.717, 1.165) is 7.11 Å². The average molecular weight is 253 g/mol. The molecule has 0 atom stereocenters. The van der Waals surface area contributed by atoms with Crippen molar-refractivity contribution in [3.8, 4) is 0 Å².